The SMILES string of the molecule is CCC(C)N(CCOC)C(=O)c1ccc(N)c(O)c1. The summed E-state index contributed by atoms with van der Waals surface area (Å²) in [6, 6.07) is 4.68. The number of hydrogen-bond acceptors (Lipinski definition) is 4. The quantitative estimate of drug-likeness (QED) is 0.608. The number of methoxy groups -OCH3 is 1. The molecule has 1 atom stereocenters. The fourth-order valence-corrected chi connectivity index (χ4v) is 1.77. The zero-order chi connectivity index (χ0) is 14.4. The van der Waals surface area contributed by atoms with Crippen LogP contribution >= 0.6 is 0 Å². The molecule has 0 radical (unpaired) electrons. The normalized spacial score (nSPS) is 12.2. The molecule has 5 nitrogen and oxygen atoms in total. The molecule has 0 aliphatic rings. The van der Waals surface area contributed by atoms with Crippen molar-refractivity contribution in [2.24, 2.45) is 0 Å². The monoisotopic (exact) mass is 266 g/mol. The molecule has 1 rings (SSSR count). The van der Waals surface area contributed by atoms with Crippen LogP contribution in [0.1, 0.15) is 30.6 Å². The van der Waals surface area contributed by atoms with E-state index in [0.717, 1.165) is 6.42 Å². The van der Waals surface area contributed by atoms with Crippen molar-refractivity contribution in [1.29, 1.82) is 0 Å². The highest BCUT2D eigenvalue weighted by molar-refractivity contribution is 5.95. The molecule has 0 spiro atoms. The molecule has 106 valence electrons. The first-order chi connectivity index (χ1) is 9.01. The molecule has 19 heavy (non-hydrogen) atoms. The molecule has 1 aromatic carbocycles. The van der Waals surface area contributed by atoms with E-state index in [9.17, 15) is 9.90 Å². The number of nitrogen functional groups attached to an aromatic ring is 1. The summed E-state index contributed by atoms with van der Waals surface area (Å²) in [6.45, 7) is 5.02. The molecule has 0 aliphatic heterocycles. The largest absolute Gasteiger partial charge is 0.506 e. The zero-order valence-electron chi connectivity index (χ0n) is 11.7. The first-order valence-electron chi connectivity index (χ1n) is 6.39. The van der Waals surface area contributed by atoms with Gasteiger partial charge in [-0.15, -0.1) is 0 Å². The predicted octanol–water partition coefficient (Wildman–Crippen LogP) is 1.86. The highest BCUT2D eigenvalue weighted by Crippen LogP contribution is 2.22. The molecular weight excluding hydrogens is 244 g/mol. The van der Waals surface area contributed by atoms with E-state index >= 15 is 0 Å². The van der Waals surface area contributed by atoms with Gasteiger partial charge in [0, 0.05) is 25.3 Å². The lowest BCUT2D eigenvalue weighted by atomic mass is 10.1. The minimum Gasteiger partial charge on any atom is -0.506 e. The number of anilines is 1. The minimum absolute atomic E-state index is 0.0679. The summed E-state index contributed by atoms with van der Waals surface area (Å²) in [5.74, 6) is -0.191. The molecule has 1 aromatic rings. The van der Waals surface area contributed by atoms with E-state index in [1.807, 2.05) is 13.8 Å². The molecule has 0 aliphatic carbocycles. The Morgan fingerprint density at radius 2 is 2.21 bits per heavy atom. The van der Waals surface area contributed by atoms with Gasteiger partial charge in [-0.3, -0.25) is 4.79 Å². The number of phenolic OH excluding ortho intramolecular Hbond substituents is 1. The van der Waals surface area contributed by atoms with E-state index in [1.165, 1.54) is 12.1 Å². The molecule has 3 N–H and O–H groups in total. The Bertz CT molecular complexity index is 435. The number of carbonyl (C=O) groups excluding carboxylic acids is 1. The molecule has 1 unspecified atom stereocenters. The highest BCUT2D eigenvalue weighted by atomic mass is 16.5. The van der Waals surface area contributed by atoms with Crippen molar-refractivity contribution in [2.45, 2.75) is 26.3 Å². The van der Waals surface area contributed by atoms with Crippen LogP contribution in [0.2, 0.25) is 0 Å². The predicted molar refractivity (Wildman–Crippen MR) is 75.2 cm³/mol. The number of phenols is 1. The Morgan fingerprint density at radius 3 is 2.74 bits per heavy atom. The van der Waals surface area contributed by atoms with E-state index < -0.39 is 0 Å². The van der Waals surface area contributed by atoms with Gasteiger partial charge in [0.2, 0.25) is 0 Å². The van der Waals surface area contributed by atoms with Gasteiger partial charge >= 0.3 is 0 Å². The number of carbonyl (C=O) groups is 1. The molecule has 1 amide bonds. The Kier molecular flexibility index (Phi) is 5.63. The number of rotatable bonds is 6. The summed E-state index contributed by atoms with van der Waals surface area (Å²) in [4.78, 5) is 14.2. The van der Waals surface area contributed by atoms with E-state index in [2.05, 4.69) is 0 Å². The van der Waals surface area contributed by atoms with Gasteiger partial charge in [0.25, 0.3) is 5.91 Å². The van der Waals surface area contributed by atoms with Crippen molar-refractivity contribution in [1.82, 2.24) is 4.90 Å². The molecule has 0 heterocycles. The van der Waals surface area contributed by atoms with Crippen LogP contribution in [0, 0.1) is 0 Å². The van der Waals surface area contributed by atoms with Crippen LogP contribution in [0.25, 0.3) is 0 Å². The number of benzene rings is 1. The van der Waals surface area contributed by atoms with Crippen molar-refractivity contribution < 1.29 is 14.6 Å². The van der Waals surface area contributed by atoms with Crippen LogP contribution in [0.15, 0.2) is 18.2 Å². The van der Waals surface area contributed by atoms with E-state index in [0.29, 0.717) is 18.7 Å². The second-order valence-corrected chi connectivity index (χ2v) is 4.52. The van der Waals surface area contributed by atoms with Gasteiger partial charge in [-0.05, 0) is 31.5 Å². The minimum atomic E-state index is -0.123. The van der Waals surface area contributed by atoms with Gasteiger partial charge < -0.3 is 20.5 Å². The number of hydrogen-bond donors (Lipinski definition) is 2. The first kappa shape index (κ1) is 15.3. The second-order valence-electron chi connectivity index (χ2n) is 4.52. The fraction of sp³-hybridized carbons (Fsp3) is 0.500. The zero-order valence-corrected chi connectivity index (χ0v) is 11.7. The smallest absolute Gasteiger partial charge is 0.254 e. The van der Waals surface area contributed by atoms with Crippen molar-refractivity contribution in [3.63, 3.8) is 0 Å². The number of nitrogens with zero attached hydrogens (tertiary/aromatic N) is 1. The molecule has 0 saturated carbocycles. The second kappa shape index (κ2) is 6.99. The summed E-state index contributed by atoms with van der Waals surface area (Å²) in [5, 5.41) is 9.58. The van der Waals surface area contributed by atoms with E-state index in [-0.39, 0.29) is 23.4 Å². The van der Waals surface area contributed by atoms with E-state index in [4.69, 9.17) is 10.5 Å². The van der Waals surface area contributed by atoms with Crippen molar-refractivity contribution in [2.75, 3.05) is 26.0 Å². The third-order valence-corrected chi connectivity index (χ3v) is 3.20. The van der Waals surface area contributed by atoms with Crippen molar-refractivity contribution in [3.05, 3.63) is 23.8 Å². The van der Waals surface area contributed by atoms with Crippen LogP contribution in [0.5, 0.6) is 5.75 Å². The first-order valence-corrected chi connectivity index (χ1v) is 6.39. The van der Waals surface area contributed by atoms with Crippen LogP contribution in [0.3, 0.4) is 0 Å². The van der Waals surface area contributed by atoms with Crippen LogP contribution in [-0.2, 0) is 4.74 Å². The maximum Gasteiger partial charge on any atom is 0.254 e. The number of nitrogens with two attached hydrogens (primary N) is 1. The fourth-order valence-electron chi connectivity index (χ4n) is 1.77. The van der Waals surface area contributed by atoms with Gasteiger partial charge in [-0.2, -0.15) is 0 Å². The maximum atomic E-state index is 12.4. The van der Waals surface area contributed by atoms with Gasteiger partial charge in [-0.25, -0.2) is 0 Å². The molecule has 5 heteroatoms. The van der Waals surface area contributed by atoms with Gasteiger partial charge in [0.15, 0.2) is 0 Å². The van der Waals surface area contributed by atoms with Crippen LogP contribution in [0.4, 0.5) is 5.69 Å². The summed E-state index contributed by atoms with van der Waals surface area (Å²) in [6.07, 6.45) is 0.858. The number of ether oxygens (including phenoxy) is 1. The van der Waals surface area contributed by atoms with Gasteiger partial charge in [-0.1, -0.05) is 6.92 Å². The molecular formula is C14H22N2O3. The van der Waals surface area contributed by atoms with Crippen molar-refractivity contribution >= 4 is 11.6 Å². The van der Waals surface area contributed by atoms with Crippen LogP contribution in [-0.4, -0.2) is 42.2 Å². The standard InChI is InChI=1S/C14H22N2O3/c1-4-10(2)16(7-8-19-3)14(18)11-5-6-12(15)13(17)9-11/h5-6,9-10,17H,4,7-8,15H2,1-3H3. The Balaban J connectivity index is 2.94. The summed E-state index contributed by atoms with van der Waals surface area (Å²) < 4.78 is 5.03. The number of amides is 1. The lowest BCUT2D eigenvalue weighted by Crippen LogP contribution is -2.40. The van der Waals surface area contributed by atoms with Crippen LogP contribution < -0.4 is 5.73 Å². The number of aromatic hydroxyl groups is 1. The van der Waals surface area contributed by atoms with Crippen molar-refractivity contribution in [3.8, 4) is 5.75 Å². The van der Waals surface area contributed by atoms with Gasteiger partial charge in [0.1, 0.15) is 5.75 Å². The Hall–Kier alpha value is -1.75. The summed E-state index contributed by atoms with van der Waals surface area (Å²) >= 11 is 0. The Labute approximate surface area is 114 Å². The molecule has 0 aromatic heterocycles. The molecule has 0 saturated heterocycles. The molecule has 0 fully saturated rings. The highest BCUT2D eigenvalue weighted by Gasteiger charge is 2.20. The summed E-state index contributed by atoms with van der Waals surface area (Å²) in [7, 11) is 1.61. The average molecular weight is 266 g/mol. The lowest BCUT2D eigenvalue weighted by Gasteiger charge is -2.28. The molecule has 0 bridgehead atoms. The third kappa shape index (κ3) is 3.86. The topological polar surface area (TPSA) is 75.8 Å². The summed E-state index contributed by atoms with van der Waals surface area (Å²) in [5.41, 5.74) is 6.24. The van der Waals surface area contributed by atoms with Gasteiger partial charge in [0.05, 0.1) is 12.3 Å². The lowest BCUT2D eigenvalue weighted by molar-refractivity contribution is 0.0613. The maximum absolute atomic E-state index is 12.4. The third-order valence-electron chi connectivity index (χ3n) is 3.20. The van der Waals surface area contributed by atoms with E-state index in [1.54, 1.807) is 18.1 Å². The average Bonchev–Trinajstić information content (AvgIpc) is 2.41. The Morgan fingerprint density at radius 1 is 1.53 bits per heavy atom.